The summed E-state index contributed by atoms with van der Waals surface area (Å²) in [6.07, 6.45) is 3.83. The fourth-order valence-electron chi connectivity index (χ4n) is 4.77. The molecule has 1 fully saturated rings. The highest BCUT2D eigenvalue weighted by molar-refractivity contribution is 9.11. The summed E-state index contributed by atoms with van der Waals surface area (Å²) in [5.74, 6) is 0.748. The molecule has 2 heterocycles. The van der Waals surface area contributed by atoms with Crippen molar-refractivity contribution in [1.29, 1.82) is 0 Å². The van der Waals surface area contributed by atoms with E-state index in [0.29, 0.717) is 10.4 Å². The van der Waals surface area contributed by atoms with Gasteiger partial charge in [0.25, 0.3) is 11.8 Å². The monoisotopic (exact) mass is 536 g/mol. The first-order chi connectivity index (χ1) is 16.5. The summed E-state index contributed by atoms with van der Waals surface area (Å²) in [4.78, 5) is 30.6. The van der Waals surface area contributed by atoms with Crippen LogP contribution in [0.15, 0.2) is 64.5 Å². The molecule has 4 aromatic rings. The zero-order valence-electron chi connectivity index (χ0n) is 18.8. The lowest BCUT2D eigenvalue weighted by Crippen LogP contribution is -2.38. The summed E-state index contributed by atoms with van der Waals surface area (Å²) in [5.41, 5.74) is 3.44. The highest BCUT2D eigenvalue weighted by Crippen LogP contribution is 2.36. The standard InChI is InChI=1S/C26H25BrN4O2S/c1-28-25(32)17-10-11-21-20(14-17)30-24(16-6-3-2-4-7-16)31(21)19-9-5-8-18(15-19)29-26(33)22-12-13-23(27)34-22/h2-4,6-7,10-14,18-19H,5,8-9,15H2,1H3,(H,28,32)(H,29,33). The topological polar surface area (TPSA) is 76.0 Å². The van der Waals surface area contributed by atoms with E-state index in [1.807, 2.05) is 48.5 Å². The fourth-order valence-corrected chi connectivity index (χ4v) is 6.06. The van der Waals surface area contributed by atoms with Gasteiger partial charge < -0.3 is 15.2 Å². The molecule has 5 rings (SSSR count). The second kappa shape index (κ2) is 9.72. The fraction of sp³-hybridized carbons (Fsp3) is 0.269. The van der Waals surface area contributed by atoms with Crippen LogP contribution in [0.2, 0.25) is 0 Å². The van der Waals surface area contributed by atoms with Gasteiger partial charge in [-0.05, 0) is 71.9 Å². The van der Waals surface area contributed by atoms with Crippen molar-refractivity contribution in [2.75, 3.05) is 7.05 Å². The number of hydrogen-bond acceptors (Lipinski definition) is 4. The Bertz CT molecular complexity index is 1350. The van der Waals surface area contributed by atoms with Crippen molar-refractivity contribution in [3.05, 3.63) is 74.9 Å². The first-order valence-electron chi connectivity index (χ1n) is 11.4. The van der Waals surface area contributed by atoms with Crippen LogP contribution in [0.3, 0.4) is 0 Å². The molecule has 1 aliphatic carbocycles. The van der Waals surface area contributed by atoms with E-state index in [1.54, 1.807) is 7.05 Å². The lowest BCUT2D eigenvalue weighted by molar-refractivity contribution is 0.0923. The third kappa shape index (κ3) is 4.52. The number of fused-ring (bicyclic) bond motifs is 1. The molecule has 0 bridgehead atoms. The van der Waals surface area contributed by atoms with Gasteiger partial charge in [0.15, 0.2) is 0 Å². The number of nitrogens with zero attached hydrogens (tertiary/aromatic N) is 2. The van der Waals surface area contributed by atoms with Crippen LogP contribution in [0.1, 0.15) is 51.8 Å². The Morgan fingerprint density at radius 2 is 1.88 bits per heavy atom. The van der Waals surface area contributed by atoms with E-state index in [4.69, 9.17) is 4.98 Å². The van der Waals surface area contributed by atoms with E-state index >= 15 is 0 Å². The van der Waals surface area contributed by atoms with Crippen LogP contribution in [0.5, 0.6) is 0 Å². The number of halogens is 1. The average Bonchev–Trinajstić information content (AvgIpc) is 3.47. The Morgan fingerprint density at radius 1 is 1.06 bits per heavy atom. The summed E-state index contributed by atoms with van der Waals surface area (Å²) in [5, 5.41) is 5.93. The van der Waals surface area contributed by atoms with Crippen molar-refractivity contribution in [1.82, 2.24) is 20.2 Å². The number of rotatable bonds is 5. The van der Waals surface area contributed by atoms with Crippen molar-refractivity contribution < 1.29 is 9.59 Å². The molecule has 2 atom stereocenters. The Kier molecular flexibility index (Phi) is 6.52. The summed E-state index contributed by atoms with van der Waals surface area (Å²) in [7, 11) is 1.63. The van der Waals surface area contributed by atoms with E-state index < -0.39 is 0 Å². The third-order valence-corrected chi connectivity index (χ3v) is 7.98. The molecule has 0 saturated heterocycles. The van der Waals surface area contributed by atoms with Gasteiger partial charge in [-0.15, -0.1) is 11.3 Å². The predicted octanol–water partition coefficient (Wildman–Crippen LogP) is 5.80. The van der Waals surface area contributed by atoms with Crippen LogP contribution in [0.4, 0.5) is 0 Å². The van der Waals surface area contributed by atoms with Gasteiger partial charge in [0.05, 0.1) is 19.7 Å². The van der Waals surface area contributed by atoms with E-state index in [9.17, 15) is 9.59 Å². The van der Waals surface area contributed by atoms with Gasteiger partial charge in [0, 0.05) is 30.3 Å². The number of thiophene rings is 1. The first-order valence-corrected chi connectivity index (χ1v) is 13.0. The average molecular weight is 537 g/mol. The molecule has 6 nitrogen and oxygen atoms in total. The molecule has 34 heavy (non-hydrogen) atoms. The number of aromatic nitrogens is 2. The summed E-state index contributed by atoms with van der Waals surface area (Å²) >= 11 is 4.88. The van der Waals surface area contributed by atoms with Gasteiger partial charge >= 0.3 is 0 Å². The molecule has 1 saturated carbocycles. The number of nitrogens with one attached hydrogen (secondary N) is 2. The molecule has 2 amide bonds. The minimum atomic E-state index is -0.127. The lowest BCUT2D eigenvalue weighted by Gasteiger charge is -2.32. The smallest absolute Gasteiger partial charge is 0.261 e. The first kappa shape index (κ1) is 22.8. The van der Waals surface area contributed by atoms with E-state index in [1.165, 1.54) is 11.3 Å². The van der Waals surface area contributed by atoms with Gasteiger partial charge in [0.1, 0.15) is 5.82 Å². The second-order valence-corrected chi connectivity index (χ2v) is 11.0. The molecule has 0 spiro atoms. The zero-order valence-corrected chi connectivity index (χ0v) is 21.2. The summed E-state index contributed by atoms with van der Waals surface area (Å²) in [6, 6.07) is 19.9. The van der Waals surface area contributed by atoms with Gasteiger partial charge in [-0.3, -0.25) is 9.59 Å². The molecule has 2 aromatic carbocycles. The zero-order chi connectivity index (χ0) is 23.7. The van der Waals surface area contributed by atoms with Crippen molar-refractivity contribution in [3.8, 4) is 11.4 Å². The molecule has 2 aromatic heterocycles. The molecule has 1 aliphatic rings. The van der Waals surface area contributed by atoms with E-state index in [2.05, 4.69) is 43.3 Å². The van der Waals surface area contributed by atoms with Crippen molar-refractivity contribution in [2.45, 2.75) is 37.8 Å². The maximum atomic E-state index is 12.8. The summed E-state index contributed by atoms with van der Waals surface area (Å²) in [6.45, 7) is 0. The SMILES string of the molecule is CNC(=O)c1ccc2c(c1)nc(-c1ccccc1)n2C1CCCC(NC(=O)c2ccc(Br)s2)C1. The van der Waals surface area contributed by atoms with Crippen molar-refractivity contribution in [3.63, 3.8) is 0 Å². The van der Waals surface area contributed by atoms with Gasteiger partial charge in [-0.1, -0.05) is 30.3 Å². The Labute approximate surface area is 210 Å². The Hall–Kier alpha value is -2.97. The summed E-state index contributed by atoms with van der Waals surface area (Å²) < 4.78 is 3.26. The number of carbonyl (C=O) groups excluding carboxylic acids is 2. The molecule has 0 radical (unpaired) electrons. The molecule has 8 heteroatoms. The molecule has 2 N–H and O–H groups in total. The van der Waals surface area contributed by atoms with Crippen LogP contribution in [-0.2, 0) is 0 Å². The second-order valence-electron chi connectivity index (χ2n) is 8.55. The predicted molar refractivity (Wildman–Crippen MR) is 139 cm³/mol. The normalized spacial score (nSPS) is 18.1. The minimum absolute atomic E-state index is 0.0182. The Morgan fingerprint density at radius 3 is 2.62 bits per heavy atom. The third-order valence-electron chi connectivity index (χ3n) is 6.35. The van der Waals surface area contributed by atoms with Crippen LogP contribution in [0.25, 0.3) is 22.4 Å². The van der Waals surface area contributed by atoms with E-state index in [0.717, 1.165) is 51.9 Å². The van der Waals surface area contributed by atoms with E-state index in [-0.39, 0.29) is 23.9 Å². The number of benzene rings is 2. The van der Waals surface area contributed by atoms with Crippen LogP contribution in [-0.4, -0.2) is 34.5 Å². The van der Waals surface area contributed by atoms with Crippen molar-refractivity contribution in [2.24, 2.45) is 0 Å². The number of amides is 2. The number of carbonyl (C=O) groups is 2. The molecular weight excluding hydrogens is 512 g/mol. The van der Waals surface area contributed by atoms with Gasteiger partial charge in [0.2, 0.25) is 0 Å². The highest BCUT2D eigenvalue weighted by Gasteiger charge is 2.28. The van der Waals surface area contributed by atoms with Gasteiger partial charge in [-0.2, -0.15) is 0 Å². The molecule has 0 aliphatic heterocycles. The van der Waals surface area contributed by atoms with Gasteiger partial charge in [-0.25, -0.2) is 4.98 Å². The van der Waals surface area contributed by atoms with Crippen LogP contribution in [0, 0.1) is 0 Å². The maximum Gasteiger partial charge on any atom is 0.261 e. The Balaban J connectivity index is 1.49. The molecule has 2 unspecified atom stereocenters. The van der Waals surface area contributed by atoms with Crippen LogP contribution >= 0.6 is 27.3 Å². The van der Waals surface area contributed by atoms with Crippen molar-refractivity contribution >= 4 is 50.1 Å². The minimum Gasteiger partial charge on any atom is -0.355 e. The molecule has 174 valence electrons. The largest absolute Gasteiger partial charge is 0.355 e. The lowest BCUT2D eigenvalue weighted by atomic mass is 9.90. The highest BCUT2D eigenvalue weighted by atomic mass is 79.9. The van der Waals surface area contributed by atoms with Crippen LogP contribution < -0.4 is 10.6 Å². The number of hydrogen-bond donors (Lipinski definition) is 2. The maximum absolute atomic E-state index is 12.8. The molecular formula is C26H25BrN4O2S. The quantitative estimate of drug-likeness (QED) is 0.338. The number of imidazole rings is 1.